The number of halogens is 3. The Bertz CT molecular complexity index is 877. The van der Waals surface area contributed by atoms with Crippen LogP contribution < -0.4 is 5.32 Å². The van der Waals surface area contributed by atoms with E-state index in [2.05, 4.69) is 10.3 Å². The van der Waals surface area contributed by atoms with Crippen LogP contribution in [-0.4, -0.2) is 27.1 Å². The van der Waals surface area contributed by atoms with Gasteiger partial charge in [-0.25, -0.2) is 9.78 Å². The topological polar surface area (TPSA) is 65.5 Å². The number of hydrogen-bond acceptors (Lipinski definition) is 3. The highest BCUT2D eigenvalue weighted by Gasteiger charge is 2.43. The van der Waals surface area contributed by atoms with Crippen LogP contribution in [0.15, 0.2) is 24.4 Å². The van der Waals surface area contributed by atoms with Gasteiger partial charge in [0.05, 0.1) is 21.8 Å². The fraction of sp³-hybridized carbons (Fsp3) is 0.294. The molecule has 1 aromatic carbocycles. The van der Waals surface area contributed by atoms with E-state index in [-0.39, 0.29) is 39.6 Å². The summed E-state index contributed by atoms with van der Waals surface area (Å²) in [6.45, 7) is 0. The van der Waals surface area contributed by atoms with Crippen LogP contribution in [0.2, 0.25) is 10.0 Å². The predicted molar refractivity (Wildman–Crippen MR) is 92.6 cm³/mol. The van der Waals surface area contributed by atoms with Crippen molar-refractivity contribution >= 4 is 34.9 Å². The Labute approximate surface area is 153 Å². The second kappa shape index (κ2) is 6.04. The number of hydrogen-bond donors (Lipinski definition) is 2. The summed E-state index contributed by atoms with van der Waals surface area (Å²) in [6, 6.07) is 3.80. The molecule has 1 saturated heterocycles. The smallest absolute Gasteiger partial charge is 0.322 e. The van der Waals surface area contributed by atoms with Crippen molar-refractivity contribution in [3.63, 3.8) is 0 Å². The summed E-state index contributed by atoms with van der Waals surface area (Å²) in [5.74, 6) is -0.626. The third-order valence-corrected chi connectivity index (χ3v) is 5.58. The summed E-state index contributed by atoms with van der Waals surface area (Å²) in [7, 11) is 0. The Kier molecular flexibility index (Phi) is 3.96. The van der Waals surface area contributed by atoms with Crippen molar-refractivity contribution in [2.75, 3.05) is 5.32 Å². The van der Waals surface area contributed by atoms with Crippen LogP contribution in [0.4, 0.5) is 14.9 Å². The van der Waals surface area contributed by atoms with Gasteiger partial charge in [-0.2, -0.15) is 4.39 Å². The first-order valence-electron chi connectivity index (χ1n) is 7.86. The molecule has 8 heteroatoms. The number of phenolic OH excluding ortho intramolecular Hbond substituents is 1. The van der Waals surface area contributed by atoms with Crippen LogP contribution in [0, 0.1) is 5.95 Å². The molecule has 0 saturated carbocycles. The summed E-state index contributed by atoms with van der Waals surface area (Å²) in [5, 5.41) is 13.1. The maximum atomic E-state index is 14.0. The molecule has 1 fully saturated rings. The molecule has 0 spiro atoms. The van der Waals surface area contributed by atoms with E-state index >= 15 is 0 Å². The number of aromatic hydroxyl groups is 1. The molecule has 0 radical (unpaired) electrons. The van der Waals surface area contributed by atoms with Crippen LogP contribution in [0.25, 0.3) is 0 Å². The van der Waals surface area contributed by atoms with Crippen molar-refractivity contribution in [2.24, 2.45) is 0 Å². The lowest BCUT2D eigenvalue weighted by Crippen LogP contribution is -2.44. The summed E-state index contributed by atoms with van der Waals surface area (Å²) >= 11 is 11.8. The van der Waals surface area contributed by atoms with Crippen LogP contribution in [0.3, 0.4) is 0 Å². The number of carbonyl (C=O) groups is 1. The van der Waals surface area contributed by atoms with Crippen molar-refractivity contribution in [1.29, 1.82) is 0 Å². The van der Waals surface area contributed by atoms with Gasteiger partial charge in [-0.3, -0.25) is 0 Å². The number of anilines is 1. The van der Waals surface area contributed by atoms with E-state index in [1.54, 1.807) is 11.0 Å². The van der Waals surface area contributed by atoms with Crippen molar-refractivity contribution in [1.82, 2.24) is 9.88 Å². The van der Waals surface area contributed by atoms with E-state index in [0.717, 1.165) is 18.4 Å². The minimum atomic E-state index is -0.461. The standard InChI is InChI=1S/C17H14Cl2FN3O2/c18-11-6-13(15(24)7-12(11)19)22-17(25)23-8-1-2-14(23)9-3-4-21-16(20)10(9)5-8/h3-4,6-8,14,24H,1-2,5H2,(H,22,25). The van der Waals surface area contributed by atoms with Gasteiger partial charge in [-0.05, 0) is 37.0 Å². The second-order valence-electron chi connectivity index (χ2n) is 6.24. The first-order valence-corrected chi connectivity index (χ1v) is 8.62. The molecular weight excluding hydrogens is 368 g/mol. The molecule has 5 nitrogen and oxygen atoms in total. The van der Waals surface area contributed by atoms with Gasteiger partial charge in [0.15, 0.2) is 0 Å². The zero-order valence-corrected chi connectivity index (χ0v) is 14.5. The molecule has 0 aliphatic carbocycles. The summed E-state index contributed by atoms with van der Waals surface area (Å²) in [4.78, 5) is 18.2. The maximum absolute atomic E-state index is 14.0. The zero-order valence-electron chi connectivity index (χ0n) is 13.0. The fourth-order valence-corrected chi connectivity index (χ4v) is 4.06. The highest BCUT2D eigenvalue weighted by Crippen LogP contribution is 2.44. The van der Waals surface area contributed by atoms with Gasteiger partial charge in [-0.15, -0.1) is 0 Å². The number of fused-ring (bicyclic) bond motifs is 4. The molecule has 3 heterocycles. The monoisotopic (exact) mass is 381 g/mol. The molecule has 4 rings (SSSR count). The number of amides is 2. The Hall–Kier alpha value is -2.05. The Morgan fingerprint density at radius 2 is 2.08 bits per heavy atom. The minimum absolute atomic E-state index is 0.0962. The number of benzene rings is 1. The Morgan fingerprint density at radius 1 is 1.32 bits per heavy atom. The normalized spacial score (nSPS) is 21.2. The third kappa shape index (κ3) is 2.69. The lowest BCUT2D eigenvalue weighted by atomic mass is 9.95. The van der Waals surface area contributed by atoms with Gasteiger partial charge < -0.3 is 15.3 Å². The largest absolute Gasteiger partial charge is 0.506 e. The first-order chi connectivity index (χ1) is 12.0. The van der Waals surface area contributed by atoms with Crippen molar-refractivity contribution in [2.45, 2.75) is 31.3 Å². The van der Waals surface area contributed by atoms with Gasteiger partial charge in [0.1, 0.15) is 5.75 Å². The fourth-order valence-electron chi connectivity index (χ4n) is 3.74. The van der Waals surface area contributed by atoms with Gasteiger partial charge in [0.25, 0.3) is 0 Å². The molecule has 2 atom stereocenters. The van der Waals surface area contributed by atoms with Gasteiger partial charge in [-0.1, -0.05) is 23.2 Å². The third-order valence-electron chi connectivity index (χ3n) is 4.86. The number of carbonyl (C=O) groups excluding carboxylic acids is 1. The molecule has 2 aliphatic rings. The average Bonchev–Trinajstić information content (AvgIpc) is 2.89. The molecule has 2 aromatic rings. The van der Waals surface area contributed by atoms with E-state index in [0.29, 0.717) is 12.0 Å². The van der Waals surface area contributed by atoms with Crippen LogP contribution in [-0.2, 0) is 6.42 Å². The number of urea groups is 1. The maximum Gasteiger partial charge on any atom is 0.322 e. The van der Waals surface area contributed by atoms with E-state index in [9.17, 15) is 14.3 Å². The average molecular weight is 382 g/mol. The lowest BCUT2D eigenvalue weighted by Gasteiger charge is -2.36. The van der Waals surface area contributed by atoms with Crippen LogP contribution >= 0.6 is 23.2 Å². The number of nitrogens with zero attached hydrogens (tertiary/aromatic N) is 2. The predicted octanol–water partition coefficient (Wildman–Crippen LogP) is 4.53. The number of rotatable bonds is 1. The molecule has 1 aromatic heterocycles. The molecule has 130 valence electrons. The molecule has 2 amide bonds. The summed E-state index contributed by atoms with van der Waals surface area (Å²) < 4.78 is 14.0. The van der Waals surface area contributed by atoms with E-state index in [1.165, 1.54) is 18.3 Å². The van der Waals surface area contributed by atoms with E-state index in [1.807, 2.05) is 0 Å². The molecule has 2 unspecified atom stereocenters. The van der Waals surface area contributed by atoms with Crippen LogP contribution in [0.5, 0.6) is 5.75 Å². The number of nitrogens with one attached hydrogen (secondary N) is 1. The molecule has 2 N–H and O–H groups in total. The first kappa shape index (κ1) is 16.4. The zero-order chi connectivity index (χ0) is 17.7. The van der Waals surface area contributed by atoms with Gasteiger partial charge in [0.2, 0.25) is 5.95 Å². The quantitative estimate of drug-likeness (QED) is 0.563. The molecule has 2 aliphatic heterocycles. The number of aromatic nitrogens is 1. The van der Waals surface area contributed by atoms with Crippen LogP contribution in [0.1, 0.15) is 30.0 Å². The molecule has 2 bridgehead atoms. The Morgan fingerprint density at radius 3 is 2.88 bits per heavy atom. The van der Waals surface area contributed by atoms with Crippen molar-refractivity contribution in [3.05, 3.63) is 51.5 Å². The Balaban J connectivity index is 1.63. The SMILES string of the molecule is O=C(Nc1cc(Cl)c(Cl)cc1O)N1C2CCC1c1ccnc(F)c1C2. The second-order valence-corrected chi connectivity index (χ2v) is 7.06. The number of pyridine rings is 1. The van der Waals surface area contributed by atoms with Gasteiger partial charge in [0, 0.05) is 23.9 Å². The highest BCUT2D eigenvalue weighted by atomic mass is 35.5. The van der Waals surface area contributed by atoms with E-state index in [4.69, 9.17) is 23.2 Å². The molecule has 25 heavy (non-hydrogen) atoms. The summed E-state index contributed by atoms with van der Waals surface area (Å²) in [6.07, 6.45) is 3.42. The van der Waals surface area contributed by atoms with Gasteiger partial charge >= 0.3 is 6.03 Å². The van der Waals surface area contributed by atoms with E-state index < -0.39 is 5.95 Å². The van der Waals surface area contributed by atoms with Crippen molar-refractivity contribution in [3.8, 4) is 5.75 Å². The minimum Gasteiger partial charge on any atom is -0.506 e. The lowest BCUT2D eigenvalue weighted by molar-refractivity contribution is 0.178. The summed E-state index contributed by atoms with van der Waals surface area (Å²) in [5.41, 5.74) is 1.58. The molecular formula is C17H14Cl2FN3O2. The highest BCUT2D eigenvalue weighted by molar-refractivity contribution is 6.42. The number of phenols is 1. The van der Waals surface area contributed by atoms with Crippen molar-refractivity contribution < 1.29 is 14.3 Å².